The first-order valence-corrected chi connectivity index (χ1v) is 6.72. The van der Waals surface area contributed by atoms with Gasteiger partial charge in [0.05, 0.1) is 12.5 Å². The van der Waals surface area contributed by atoms with Crippen LogP contribution in [0.25, 0.3) is 0 Å². The summed E-state index contributed by atoms with van der Waals surface area (Å²) in [5.74, 6) is -0.985. The molecule has 2 N–H and O–H groups in total. The van der Waals surface area contributed by atoms with Gasteiger partial charge in [-0.1, -0.05) is 20.8 Å². The van der Waals surface area contributed by atoms with Crippen LogP contribution in [0.1, 0.15) is 33.6 Å². The van der Waals surface area contributed by atoms with Gasteiger partial charge < -0.3 is 10.4 Å². The Kier molecular flexibility index (Phi) is 5.59. The van der Waals surface area contributed by atoms with E-state index in [1.807, 2.05) is 25.7 Å². The third kappa shape index (κ3) is 3.98. The number of hydrogen-bond acceptors (Lipinski definition) is 3. The molecule has 1 fully saturated rings. The minimum Gasteiger partial charge on any atom is -0.481 e. The summed E-state index contributed by atoms with van der Waals surface area (Å²) >= 11 is 0. The Balaban J connectivity index is 2.40. The number of amides is 1. The van der Waals surface area contributed by atoms with E-state index in [9.17, 15) is 9.59 Å². The van der Waals surface area contributed by atoms with Crippen LogP contribution in [0.15, 0.2) is 0 Å². The summed E-state index contributed by atoms with van der Waals surface area (Å²) in [5.41, 5.74) is 0. The number of carboxylic acids is 1. The second kappa shape index (κ2) is 6.73. The van der Waals surface area contributed by atoms with Crippen molar-refractivity contribution < 1.29 is 14.7 Å². The van der Waals surface area contributed by atoms with Crippen LogP contribution in [0.2, 0.25) is 0 Å². The third-order valence-electron chi connectivity index (χ3n) is 3.72. The highest BCUT2D eigenvalue weighted by Crippen LogP contribution is 2.22. The van der Waals surface area contributed by atoms with Crippen LogP contribution in [0.4, 0.5) is 0 Å². The van der Waals surface area contributed by atoms with Crippen molar-refractivity contribution in [2.24, 2.45) is 11.8 Å². The minimum absolute atomic E-state index is 0.00180. The van der Waals surface area contributed by atoms with E-state index in [4.69, 9.17) is 5.11 Å². The summed E-state index contributed by atoms with van der Waals surface area (Å²) in [4.78, 5) is 24.7. The monoisotopic (exact) mass is 256 g/mol. The molecule has 0 aromatic rings. The molecule has 1 heterocycles. The van der Waals surface area contributed by atoms with Crippen molar-refractivity contribution in [1.82, 2.24) is 10.2 Å². The standard InChI is InChI=1S/C13H24N2O3/c1-4-10(5-2)14-12(16)8-15-6-9(3)11(7-15)13(17)18/h9-11H,4-8H2,1-3H3,(H,14,16)(H,17,18). The molecule has 2 atom stereocenters. The molecule has 0 aromatic carbocycles. The van der Waals surface area contributed by atoms with Gasteiger partial charge in [-0.15, -0.1) is 0 Å². The van der Waals surface area contributed by atoms with Gasteiger partial charge in [0.1, 0.15) is 0 Å². The second-order valence-corrected chi connectivity index (χ2v) is 5.20. The lowest BCUT2D eigenvalue weighted by atomic mass is 9.99. The van der Waals surface area contributed by atoms with Crippen molar-refractivity contribution in [2.75, 3.05) is 19.6 Å². The number of likely N-dealkylation sites (tertiary alicyclic amines) is 1. The lowest BCUT2D eigenvalue weighted by Gasteiger charge is -2.19. The van der Waals surface area contributed by atoms with Gasteiger partial charge in [-0.3, -0.25) is 14.5 Å². The van der Waals surface area contributed by atoms with Gasteiger partial charge in [0.2, 0.25) is 5.91 Å². The van der Waals surface area contributed by atoms with Gasteiger partial charge in [0.15, 0.2) is 0 Å². The van der Waals surface area contributed by atoms with Crippen molar-refractivity contribution in [3.63, 3.8) is 0 Å². The molecule has 18 heavy (non-hydrogen) atoms. The first-order valence-electron chi connectivity index (χ1n) is 6.72. The first kappa shape index (κ1) is 15.0. The maximum absolute atomic E-state index is 11.8. The van der Waals surface area contributed by atoms with Crippen LogP contribution in [0.3, 0.4) is 0 Å². The van der Waals surface area contributed by atoms with Crippen LogP contribution in [0, 0.1) is 11.8 Å². The molecule has 0 radical (unpaired) electrons. The molecular formula is C13H24N2O3. The fourth-order valence-corrected chi connectivity index (χ4v) is 2.49. The van der Waals surface area contributed by atoms with E-state index in [1.165, 1.54) is 0 Å². The Bertz CT molecular complexity index is 303. The minimum atomic E-state index is -0.759. The van der Waals surface area contributed by atoms with E-state index >= 15 is 0 Å². The number of carbonyl (C=O) groups excluding carboxylic acids is 1. The van der Waals surface area contributed by atoms with Gasteiger partial charge in [-0.25, -0.2) is 0 Å². The van der Waals surface area contributed by atoms with E-state index in [0.29, 0.717) is 19.6 Å². The molecule has 1 rings (SSSR count). The van der Waals surface area contributed by atoms with Crippen LogP contribution in [0.5, 0.6) is 0 Å². The highest BCUT2D eigenvalue weighted by molar-refractivity contribution is 5.78. The molecule has 0 aliphatic carbocycles. The van der Waals surface area contributed by atoms with E-state index in [1.54, 1.807) is 0 Å². The maximum Gasteiger partial charge on any atom is 0.308 e. The van der Waals surface area contributed by atoms with Gasteiger partial charge in [0, 0.05) is 19.1 Å². The summed E-state index contributed by atoms with van der Waals surface area (Å²) in [6.45, 7) is 7.50. The van der Waals surface area contributed by atoms with Gasteiger partial charge in [0.25, 0.3) is 0 Å². The lowest BCUT2D eigenvalue weighted by Crippen LogP contribution is -2.41. The number of nitrogens with zero attached hydrogens (tertiary/aromatic N) is 1. The SMILES string of the molecule is CCC(CC)NC(=O)CN1CC(C)C(C(=O)O)C1. The summed E-state index contributed by atoms with van der Waals surface area (Å²) in [5, 5.41) is 12.0. The first-order chi connectivity index (χ1) is 8.47. The van der Waals surface area contributed by atoms with E-state index in [2.05, 4.69) is 5.32 Å². The summed E-state index contributed by atoms with van der Waals surface area (Å²) in [6, 6.07) is 0.229. The number of rotatable bonds is 6. The number of carboxylic acid groups (broad SMARTS) is 1. The Morgan fingerprint density at radius 3 is 2.39 bits per heavy atom. The highest BCUT2D eigenvalue weighted by atomic mass is 16.4. The zero-order valence-electron chi connectivity index (χ0n) is 11.5. The summed E-state index contributed by atoms with van der Waals surface area (Å²) < 4.78 is 0. The number of carbonyl (C=O) groups is 2. The molecule has 1 saturated heterocycles. The quantitative estimate of drug-likeness (QED) is 0.742. The smallest absolute Gasteiger partial charge is 0.308 e. The molecule has 1 aliphatic rings. The average molecular weight is 256 g/mol. The molecule has 5 heteroatoms. The Labute approximate surface area is 109 Å². The average Bonchev–Trinajstić information content (AvgIpc) is 2.67. The number of nitrogens with one attached hydrogen (secondary N) is 1. The molecular weight excluding hydrogens is 232 g/mol. The zero-order chi connectivity index (χ0) is 13.7. The number of aliphatic carboxylic acids is 1. The van der Waals surface area contributed by atoms with Crippen LogP contribution in [-0.4, -0.2) is 47.6 Å². The zero-order valence-corrected chi connectivity index (χ0v) is 11.5. The van der Waals surface area contributed by atoms with Gasteiger partial charge in [-0.05, 0) is 18.8 Å². The van der Waals surface area contributed by atoms with Crippen molar-refractivity contribution in [1.29, 1.82) is 0 Å². The molecule has 5 nitrogen and oxygen atoms in total. The fourth-order valence-electron chi connectivity index (χ4n) is 2.49. The van der Waals surface area contributed by atoms with Crippen LogP contribution < -0.4 is 5.32 Å². The Morgan fingerprint density at radius 2 is 1.94 bits per heavy atom. The van der Waals surface area contributed by atoms with Crippen molar-refractivity contribution >= 4 is 11.9 Å². The molecule has 0 aromatic heterocycles. The molecule has 1 aliphatic heterocycles. The second-order valence-electron chi connectivity index (χ2n) is 5.20. The van der Waals surface area contributed by atoms with Crippen molar-refractivity contribution in [3.05, 3.63) is 0 Å². The predicted octanol–water partition coefficient (Wildman–Crippen LogP) is 0.944. The lowest BCUT2D eigenvalue weighted by molar-refractivity contribution is -0.142. The normalized spacial score (nSPS) is 24.4. The van der Waals surface area contributed by atoms with Crippen molar-refractivity contribution in [3.8, 4) is 0 Å². The molecule has 0 spiro atoms. The van der Waals surface area contributed by atoms with Crippen LogP contribution in [-0.2, 0) is 9.59 Å². The topological polar surface area (TPSA) is 69.6 Å². The molecule has 2 unspecified atom stereocenters. The van der Waals surface area contributed by atoms with E-state index in [-0.39, 0.29) is 23.8 Å². The Hall–Kier alpha value is -1.10. The van der Waals surface area contributed by atoms with Crippen molar-refractivity contribution in [2.45, 2.75) is 39.7 Å². The maximum atomic E-state index is 11.8. The molecule has 1 amide bonds. The Morgan fingerprint density at radius 1 is 1.33 bits per heavy atom. The predicted molar refractivity (Wildman–Crippen MR) is 69.2 cm³/mol. The summed E-state index contributed by atoms with van der Waals surface area (Å²) in [7, 11) is 0. The third-order valence-corrected chi connectivity index (χ3v) is 3.72. The fraction of sp³-hybridized carbons (Fsp3) is 0.846. The van der Waals surface area contributed by atoms with E-state index < -0.39 is 5.97 Å². The largest absolute Gasteiger partial charge is 0.481 e. The summed E-state index contributed by atoms with van der Waals surface area (Å²) in [6.07, 6.45) is 1.85. The number of hydrogen-bond donors (Lipinski definition) is 2. The van der Waals surface area contributed by atoms with Crippen LogP contribution >= 0.6 is 0 Å². The molecule has 0 bridgehead atoms. The van der Waals surface area contributed by atoms with E-state index in [0.717, 1.165) is 12.8 Å². The highest BCUT2D eigenvalue weighted by Gasteiger charge is 2.35. The molecule has 0 saturated carbocycles. The molecule has 104 valence electrons. The van der Waals surface area contributed by atoms with Gasteiger partial charge >= 0.3 is 5.97 Å². The van der Waals surface area contributed by atoms with Gasteiger partial charge in [-0.2, -0.15) is 0 Å².